The molecule has 0 saturated heterocycles. The van der Waals surface area contributed by atoms with Gasteiger partial charge in [0.05, 0.1) is 19.1 Å². The molecule has 0 aliphatic heterocycles. The van der Waals surface area contributed by atoms with Crippen molar-refractivity contribution in [2.45, 2.75) is 26.4 Å². The zero-order chi connectivity index (χ0) is 23.2. The van der Waals surface area contributed by atoms with Gasteiger partial charge >= 0.3 is 0 Å². The van der Waals surface area contributed by atoms with Crippen molar-refractivity contribution < 1.29 is 22.7 Å². The van der Waals surface area contributed by atoms with Crippen LogP contribution in [-0.2, 0) is 26.2 Å². The van der Waals surface area contributed by atoms with E-state index in [-0.39, 0.29) is 12.5 Å². The van der Waals surface area contributed by atoms with E-state index in [1.807, 2.05) is 31.2 Å². The topological polar surface area (TPSA) is 96.0 Å². The van der Waals surface area contributed by atoms with Crippen LogP contribution in [0.3, 0.4) is 0 Å². The molecular weight excluding hydrogens is 418 g/mol. The molecule has 9 heteroatoms. The number of rotatable bonds is 9. The second-order valence-corrected chi connectivity index (χ2v) is 9.11. The van der Waals surface area contributed by atoms with Crippen molar-refractivity contribution in [1.82, 2.24) is 10.2 Å². The Morgan fingerprint density at radius 2 is 1.71 bits per heavy atom. The zero-order valence-electron chi connectivity index (χ0n) is 18.5. The minimum Gasteiger partial charge on any atom is -0.497 e. The molecule has 2 amide bonds. The average Bonchev–Trinajstić information content (AvgIpc) is 2.75. The Labute approximate surface area is 183 Å². The Morgan fingerprint density at radius 3 is 2.23 bits per heavy atom. The first-order chi connectivity index (χ1) is 14.6. The Bertz CT molecular complexity index is 1020. The standard InChI is InChI=1S/C22H29N3O5S/c1-16-8-6-7-9-18(16)14-24(17(2)22(27)23-3)21(26)15-25(31(5,28)29)19-10-12-20(30-4)13-11-19/h6-13,17H,14-15H2,1-5H3,(H,23,27)/t17-/m0/s1. The van der Waals surface area contributed by atoms with Crippen molar-refractivity contribution in [3.8, 4) is 5.75 Å². The van der Waals surface area contributed by atoms with E-state index < -0.39 is 28.5 Å². The lowest BCUT2D eigenvalue weighted by Crippen LogP contribution is -2.50. The fourth-order valence-electron chi connectivity index (χ4n) is 3.12. The molecule has 0 heterocycles. The summed E-state index contributed by atoms with van der Waals surface area (Å²) in [6.45, 7) is 3.29. The van der Waals surface area contributed by atoms with Crippen LogP contribution in [0.2, 0.25) is 0 Å². The van der Waals surface area contributed by atoms with E-state index in [0.717, 1.165) is 21.7 Å². The van der Waals surface area contributed by atoms with Gasteiger partial charge in [-0.1, -0.05) is 24.3 Å². The van der Waals surface area contributed by atoms with Gasteiger partial charge in [-0.25, -0.2) is 8.42 Å². The predicted molar refractivity (Wildman–Crippen MR) is 120 cm³/mol. The maximum absolute atomic E-state index is 13.3. The Hall–Kier alpha value is -3.07. The van der Waals surface area contributed by atoms with Gasteiger partial charge in [-0.05, 0) is 49.2 Å². The van der Waals surface area contributed by atoms with Crippen LogP contribution in [0, 0.1) is 6.92 Å². The van der Waals surface area contributed by atoms with E-state index in [0.29, 0.717) is 11.4 Å². The molecule has 0 spiro atoms. The lowest BCUT2D eigenvalue weighted by Gasteiger charge is -2.31. The third-order valence-electron chi connectivity index (χ3n) is 5.06. The molecule has 0 aliphatic rings. The van der Waals surface area contributed by atoms with Crippen molar-refractivity contribution in [2.24, 2.45) is 0 Å². The van der Waals surface area contributed by atoms with Crippen LogP contribution in [0.4, 0.5) is 5.69 Å². The number of hydrogen-bond acceptors (Lipinski definition) is 5. The van der Waals surface area contributed by atoms with Crippen LogP contribution >= 0.6 is 0 Å². The molecule has 2 rings (SSSR count). The number of nitrogens with one attached hydrogen (secondary N) is 1. The van der Waals surface area contributed by atoms with Gasteiger partial charge in [0.1, 0.15) is 18.3 Å². The number of benzene rings is 2. The third kappa shape index (κ3) is 6.21. The number of aryl methyl sites for hydroxylation is 1. The predicted octanol–water partition coefficient (Wildman–Crippen LogP) is 1.93. The number of ether oxygens (including phenoxy) is 1. The van der Waals surface area contributed by atoms with Gasteiger partial charge in [0.2, 0.25) is 21.8 Å². The first kappa shape index (κ1) is 24.2. The molecule has 0 fully saturated rings. The lowest BCUT2D eigenvalue weighted by molar-refractivity contribution is -0.139. The summed E-state index contributed by atoms with van der Waals surface area (Å²) in [6, 6.07) is 13.1. The molecule has 2 aromatic rings. The SMILES string of the molecule is CNC(=O)[C@H](C)N(Cc1ccccc1C)C(=O)CN(c1ccc(OC)cc1)S(C)(=O)=O. The lowest BCUT2D eigenvalue weighted by atomic mass is 10.1. The quantitative estimate of drug-likeness (QED) is 0.634. The molecule has 0 aliphatic carbocycles. The molecule has 2 aromatic carbocycles. The van der Waals surface area contributed by atoms with Crippen LogP contribution in [-0.4, -0.2) is 58.1 Å². The second-order valence-electron chi connectivity index (χ2n) is 7.21. The van der Waals surface area contributed by atoms with Crippen molar-refractivity contribution >= 4 is 27.5 Å². The van der Waals surface area contributed by atoms with E-state index in [1.54, 1.807) is 31.2 Å². The smallest absolute Gasteiger partial charge is 0.244 e. The first-order valence-electron chi connectivity index (χ1n) is 9.75. The Balaban J connectivity index is 2.38. The molecule has 1 atom stereocenters. The molecule has 0 unspecified atom stereocenters. The van der Waals surface area contributed by atoms with E-state index in [2.05, 4.69) is 5.32 Å². The summed E-state index contributed by atoms with van der Waals surface area (Å²) in [5, 5.41) is 2.55. The van der Waals surface area contributed by atoms with E-state index in [1.165, 1.54) is 19.1 Å². The Kier molecular flexibility index (Phi) is 8.04. The number of methoxy groups -OCH3 is 1. The molecule has 1 N–H and O–H groups in total. The minimum atomic E-state index is -3.75. The summed E-state index contributed by atoms with van der Waals surface area (Å²) >= 11 is 0. The molecule has 0 aromatic heterocycles. The van der Waals surface area contributed by atoms with Gasteiger partial charge in [-0.2, -0.15) is 0 Å². The monoisotopic (exact) mass is 447 g/mol. The summed E-state index contributed by atoms with van der Waals surface area (Å²) in [5.74, 6) is -0.254. The summed E-state index contributed by atoms with van der Waals surface area (Å²) in [5.41, 5.74) is 2.18. The van der Waals surface area contributed by atoms with Crippen LogP contribution < -0.4 is 14.4 Å². The summed E-state index contributed by atoms with van der Waals surface area (Å²) in [4.78, 5) is 27.0. The van der Waals surface area contributed by atoms with Gasteiger partial charge < -0.3 is 15.0 Å². The highest BCUT2D eigenvalue weighted by molar-refractivity contribution is 7.92. The van der Waals surface area contributed by atoms with E-state index in [4.69, 9.17) is 4.74 Å². The van der Waals surface area contributed by atoms with Crippen molar-refractivity contribution in [3.05, 3.63) is 59.7 Å². The van der Waals surface area contributed by atoms with Gasteiger partial charge in [-0.3, -0.25) is 13.9 Å². The number of carbonyl (C=O) groups excluding carboxylic acids is 2. The molecule has 168 valence electrons. The summed E-state index contributed by atoms with van der Waals surface area (Å²) < 4.78 is 31.1. The fourth-order valence-corrected chi connectivity index (χ4v) is 3.97. The number of hydrogen-bond donors (Lipinski definition) is 1. The van der Waals surface area contributed by atoms with E-state index in [9.17, 15) is 18.0 Å². The second kappa shape index (κ2) is 10.3. The van der Waals surface area contributed by atoms with Crippen LogP contribution in [0.1, 0.15) is 18.1 Å². The molecule has 31 heavy (non-hydrogen) atoms. The number of likely N-dealkylation sites (N-methyl/N-ethyl adjacent to an activating group) is 1. The number of carbonyl (C=O) groups is 2. The van der Waals surface area contributed by atoms with Crippen molar-refractivity contribution in [2.75, 3.05) is 31.3 Å². The third-order valence-corrected chi connectivity index (χ3v) is 6.20. The largest absolute Gasteiger partial charge is 0.497 e. The summed E-state index contributed by atoms with van der Waals surface area (Å²) in [7, 11) is -0.748. The van der Waals surface area contributed by atoms with Gasteiger partial charge in [0.15, 0.2) is 0 Å². The first-order valence-corrected chi connectivity index (χ1v) is 11.6. The molecule has 0 radical (unpaired) electrons. The molecule has 8 nitrogen and oxygen atoms in total. The number of anilines is 1. The average molecular weight is 448 g/mol. The molecule has 0 saturated carbocycles. The highest BCUT2D eigenvalue weighted by Crippen LogP contribution is 2.22. The highest BCUT2D eigenvalue weighted by Gasteiger charge is 2.29. The van der Waals surface area contributed by atoms with Gasteiger partial charge in [0.25, 0.3) is 0 Å². The van der Waals surface area contributed by atoms with Crippen molar-refractivity contribution in [3.63, 3.8) is 0 Å². The van der Waals surface area contributed by atoms with Crippen LogP contribution in [0.15, 0.2) is 48.5 Å². The molecular formula is C22H29N3O5S. The maximum atomic E-state index is 13.3. The van der Waals surface area contributed by atoms with Gasteiger partial charge in [0, 0.05) is 13.6 Å². The summed E-state index contributed by atoms with van der Waals surface area (Å²) in [6.07, 6.45) is 1.04. The normalized spacial score (nSPS) is 12.0. The van der Waals surface area contributed by atoms with Crippen LogP contribution in [0.25, 0.3) is 0 Å². The van der Waals surface area contributed by atoms with Crippen LogP contribution in [0.5, 0.6) is 5.75 Å². The fraction of sp³-hybridized carbons (Fsp3) is 0.364. The van der Waals surface area contributed by atoms with Gasteiger partial charge in [-0.15, -0.1) is 0 Å². The maximum Gasteiger partial charge on any atom is 0.244 e. The molecule has 0 bridgehead atoms. The highest BCUT2D eigenvalue weighted by atomic mass is 32.2. The zero-order valence-corrected chi connectivity index (χ0v) is 19.3. The van der Waals surface area contributed by atoms with Crippen molar-refractivity contribution in [1.29, 1.82) is 0 Å². The van der Waals surface area contributed by atoms with E-state index >= 15 is 0 Å². The Morgan fingerprint density at radius 1 is 1.10 bits per heavy atom. The number of sulfonamides is 1. The number of amides is 2. The number of nitrogens with zero attached hydrogens (tertiary/aromatic N) is 2. The minimum absolute atomic E-state index is 0.181.